The molecule has 0 aliphatic carbocycles. The first-order valence-corrected chi connectivity index (χ1v) is 11.2. The first-order chi connectivity index (χ1) is 12.4. The molecule has 8 N–H and O–H groups in total. The highest BCUT2D eigenvalue weighted by molar-refractivity contribution is 7.60. The molecule has 0 amide bonds. The highest BCUT2D eigenvalue weighted by Crippen LogP contribution is 2.57. The highest BCUT2D eigenvalue weighted by Gasteiger charge is 2.32. The zero-order valence-electron chi connectivity index (χ0n) is 15.0. The van der Waals surface area contributed by atoms with E-state index in [1.807, 2.05) is 0 Å². The van der Waals surface area contributed by atoms with Crippen molar-refractivity contribution in [1.29, 1.82) is 0 Å². The first kappa shape index (κ1) is 24.6. The van der Waals surface area contributed by atoms with Crippen molar-refractivity contribution in [3.05, 3.63) is 37.8 Å². The number of hydrogen-bond acceptors (Lipinski definition) is 10. The minimum absolute atomic E-state index is 0. The van der Waals surface area contributed by atoms with Crippen LogP contribution in [0.3, 0.4) is 0 Å². The normalized spacial score (nSPS) is 13.8. The molecule has 28 heavy (non-hydrogen) atoms. The number of phosphoric acid groups is 2. The third kappa shape index (κ3) is 6.85. The molecule has 2 heterocycles. The summed E-state index contributed by atoms with van der Waals surface area (Å²) in [5, 5.41) is 0. The van der Waals surface area contributed by atoms with E-state index in [-0.39, 0.29) is 36.4 Å². The first-order valence-electron chi connectivity index (χ1n) is 7.39. The second-order valence-corrected chi connectivity index (χ2v) is 9.29. The maximum atomic E-state index is 12.2. The van der Waals surface area contributed by atoms with Crippen LogP contribution in [0, 0.1) is 13.8 Å². The fourth-order valence-electron chi connectivity index (χ4n) is 2.15. The predicted octanol–water partition coefficient (Wildman–Crippen LogP) is 0.878. The van der Waals surface area contributed by atoms with Crippen LogP contribution in [0.2, 0.25) is 0 Å². The molecule has 0 aliphatic rings. The van der Waals surface area contributed by atoms with E-state index >= 15 is 0 Å². The van der Waals surface area contributed by atoms with Crippen molar-refractivity contribution >= 4 is 32.8 Å². The molecule has 2 aromatic heterocycles. The molecule has 0 bridgehead atoms. The van der Waals surface area contributed by atoms with E-state index in [9.17, 15) is 18.8 Å². The van der Waals surface area contributed by atoms with E-state index in [0.29, 0.717) is 22.0 Å². The van der Waals surface area contributed by atoms with Crippen molar-refractivity contribution in [3.63, 3.8) is 0 Å². The summed E-state index contributed by atoms with van der Waals surface area (Å²) < 4.78 is 31.7. The molecular weight excluding hydrogens is 436 g/mol. The molecule has 0 aliphatic heterocycles. The van der Waals surface area contributed by atoms with Crippen molar-refractivity contribution in [2.45, 2.75) is 26.8 Å². The molecule has 16 heteroatoms. The van der Waals surface area contributed by atoms with Crippen LogP contribution < -0.4 is 16.8 Å². The van der Waals surface area contributed by atoms with Gasteiger partial charge in [-0.1, -0.05) is 11.3 Å². The number of rotatable bonds is 8. The number of aromatic nitrogens is 3. The van der Waals surface area contributed by atoms with E-state index in [2.05, 4.69) is 18.8 Å². The molecule has 0 fully saturated rings. The Kier molecular flexibility index (Phi) is 8.21. The Morgan fingerprint density at radius 2 is 1.93 bits per heavy atom. The fourth-order valence-corrected chi connectivity index (χ4v) is 4.70. The van der Waals surface area contributed by atoms with Crippen LogP contribution in [-0.2, 0) is 30.9 Å². The summed E-state index contributed by atoms with van der Waals surface area (Å²) in [6.07, 6.45) is 1.60. The molecule has 0 aromatic carbocycles. The number of anilines is 1. The smallest absolute Gasteiger partial charge is 0.383 e. The maximum absolute atomic E-state index is 12.2. The van der Waals surface area contributed by atoms with Crippen molar-refractivity contribution < 1.29 is 32.6 Å². The van der Waals surface area contributed by atoms with E-state index in [1.54, 1.807) is 13.8 Å². The van der Waals surface area contributed by atoms with Gasteiger partial charge < -0.3 is 26.6 Å². The van der Waals surface area contributed by atoms with Gasteiger partial charge in [0.25, 0.3) is 0 Å². The Labute approximate surface area is 163 Å². The van der Waals surface area contributed by atoms with Gasteiger partial charge in [-0.25, -0.2) is 19.1 Å². The maximum Gasteiger partial charge on any atom is 0.481 e. The number of phosphoric ester groups is 1. The highest BCUT2D eigenvalue weighted by atomic mass is 32.1. The van der Waals surface area contributed by atoms with Crippen molar-refractivity contribution in [2.24, 2.45) is 0 Å². The lowest BCUT2D eigenvalue weighted by atomic mass is 10.2. The van der Waals surface area contributed by atoms with Gasteiger partial charge >= 0.3 is 20.5 Å². The topological polar surface area (TPSA) is 222 Å². The van der Waals surface area contributed by atoms with Crippen LogP contribution in [0.25, 0.3) is 0 Å². The van der Waals surface area contributed by atoms with Crippen molar-refractivity contribution in [2.75, 3.05) is 12.3 Å². The van der Waals surface area contributed by atoms with Gasteiger partial charge in [0, 0.05) is 28.8 Å². The average molecular weight is 457 g/mol. The third-order valence-electron chi connectivity index (χ3n) is 3.38. The number of nitrogens with zero attached hydrogens (tertiary/aromatic N) is 3. The average Bonchev–Trinajstić information content (AvgIpc) is 2.74. The Hall–Kier alpha value is -1.47. The summed E-state index contributed by atoms with van der Waals surface area (Å²) in [5.41, 5.74) is 7.00. The number of thiazole rings is 1. The van der Waals surface area contributed by atoms with E-state index < -0.39 is 15.6 Å². The second-order valence-electron chi connectivity index (χ2n) is 5.41. The lowest BCUT2D eigenvalue weighted by Gasteiger charge is -2.12. The molecule has 1 unspecified atom stereocenters. The van der Waals surface area contributed by atoms with Crippen molar-refractivity contribution in [3.8, 4) is 0 Å². The zero-order chi connectivity index (χ0) is 20.4. The van der Waals surface area contributed by atoms with Crippen LogP contribution >= 0.6 is 27.0 Å². The quantitative estimate of drug-likeness (QED) is 0.348. The SMILES string of the molecule is Cc1ncc(Cn2c(C)c(CCOP(=O)(O)OP(=O)(O)O)sc2=O)c(N)n1.N. The zero-order valence-corrected chi connectivity index (χ0v) is 17.6. The summed E-state index contributed by atoms with van der Waals surface area (Å²) >= 11 is 0.913. The van der Waals surface area contributed by atoms with Gasteiger partial charge in [-0.15, -0.1) is 0 Å². The van der Waals surface area contributed by atoms with E-state index in [4.69, 9.17) is 15.5 Å². The molecule has 0 spiro atoms. The van der Waals surface area contributed by atoms with Gasteiger partial charge in [-0.3, -0.25) is 13.9 Å². The fraction of sp³-hybridized carbons (Fsp3) is 0.417. The Bertz CT molecular complexity index is 987. The largest absolute Gasteiger partial charge is 0.481 e. The van der Waals surface area contributed by atoms with Gasteiger partial charge in [0.1, 0.15) is 11.6 Å². The van der Waals surface area contributed by atoms with Gasteiger partial charge in [0.2, 0.25) is 0 Å². The Morgan fingerprint density at radius 3 is 2.50 bits per heavy atom. The predicted molar refractivity (Wildman–Crippen MR) is 101 cm³/mol. The summed E-state index contributed by atoms with van der Waals surface area (Å²) in [6, 6.07) is 0. The van der Waals surface area contributed by atoms with Gasteiger partial charge in [-0.05, 0) is 13.8 Å². The van der Waals surface area contributed by atoms with Crippen LogP contribution in [0.1, 0.15) is 22.0 Å². The van der Waals surface area contributed by atoms with E-state index in [0.717, 1.165) is 11.3 Å². The van der Waals surface area contributed by atoms with Crippen LogP contribution in [-0.4, -0.2) is 35.8 Å². The summed E-state index contributed by atoms with van der Waals surface area (Å²) in [7, 11) is -10.1. The minimum atomic E-state index is -5.17. The second kappa shape index (κ2) is 9.35. The van der Waals surface area contributed by atoms with Gasteiger partial charge in [-0.2, -0.15) is 4.31 Å². The third-order valence-corrected chi connectivity index (χ3v) is 6.71. The lowest BCUT2D eigenvalue weighted by Crippen LogP contribution is -2.17. The molecule has 13 nitrogen and oxygen atoms in total. The van der Waals surface area contributed by atoms with Gasteiger partial charge in [0.05, 0.1) is 13.2 Å². The van der Waals surface area contributed by atoms with Crippen molar-refractivity contribution in [1.82, 2.24) is 20.7 Å². The van der Waals surface area contributed by atoms with Crippen LogP contribution in [0.15, 0.2) is 11.0 Å². The molecule has 1 atom stereocenters. The Balaban J connectivity index is 0.00000392. The molecule has 0 radical (unpaired) electrons. The van der Waals surface area contributed by atoms with Crippen LogP contribution in [0.5, 0.6) is 0 Å². The minimum Gasteiger partial charge on any atom is -0.383 e. The monoisotopic (exact) mass is 457 g/mol. The number of nitrogens with two attached hydrogens (primary N) is 1. The number of aryl methyl sites for hydroxylation is 1. The summed E-state index contributed by atoms with van der Waals surface area (Å²) in [4.78, 5) is 46.9. The molecule has 2 aromatic rings. The van der Waals surface area contributed by atoms with Crippen LogP contribution in [0.4, 0.5) is 5.82 Å². The van der Waals surface area contributed by atoms with Gasteiger partial charge in [0.15, 0.2) is 0 Å². The molecule has 0 saturated carbocycles. The molecule has 2 rings (SSSR count). The lowest BCUT2D eigenvalue weighted by molar-refractivity contribution is 0.180. The molecule has 0 saturated heterocycles. The Morgan fingerprint density at radius 1 is 1.29 bits per heavy atom. The standard InChI is InChI=1S/C12H18N4O8P2S.H3N/c1-7-10(3-4-23-26(21,22)24-25(18,19)20)27-12(17)16(7)6-9-5-14-8(2)15-11(9)13;/h5H,3-4,6H2,1-2H3,(H,21,22)(H2,13,14,15)(H2,18,19,20);1H3. The number of hydrogen-bond donors (Lipinski definition) is 5. The summed E-state index contributed by atoms with van der Waals surface area (Å²) in [5.74, 6) is 0.773. The molecule has 158 valence electrons. The summed E-state index contributed by atoms with van der Waals surface area (Å²) in [6.45, 7) is 3.15. The molecular formula is C12H21N5O8P2S. The van der Waals surface area contributed by atoms with E-state index in [1.165, 1.54) is 10.8 Å². The number of nitrogen functional groups attached to an aromatic ring is 1.